The molecule has 3 nitrogen and oxygen atoms in total. The molecule has 0 radical (unpaired) electrons. The molecule has 0 aliphatic carbocycles. The molecular formula is C9H19NO2. The smallest absolute Gasteiger partial charge is 0.0682 e. The van der Waals surface area contributed by atoms with Crippen molar-refractivity contribution in [2.45, 2.75) is 31.9 Å². The van der Waals surface area contributed by atoms with Gasteiger partial charge in [-0.3, -0.25) is 4.90 Å². The van der Waals surface area contributed by atoms with Crippen molar-refractivity contribution in [3.05, 3.63) is 0 Å². The van der Waals surface area contributed by atoms with Crippen LogP contribution in [0, 0.1) is 0 Å². The third-order valence-corrected chi connectivity index (χ3v) is 2.56. The maximum atomic E-state index is 9.42. The summed E-state index contributed by atoms with van der Waals surface area (Å²) in [6.45, 7) is 4.71. The highest BCUT2D eigenvalue weighted by molar-refractivity contribution is 4.83. The van der Waals surface area contributed by atoms with E-state index in [9.17, 15) is 5.11 Å². The van der Waals surface area contributed by atoms with Gasteiger partial charge in [-0.15, -0.1) is 0 Å². The monoisotopic (exact) mass is 173 g/mol. The Kier molecular flexibility index (Phi) is 3.98. The summed E-state index contributed by atoms with van der Waals surface area (Å²) in [5.41, 5.74) is 0. The molecule has 1 heterocycles. The van der Waals surface area contributed by atoms with Crippen LogP contribution in [0.4, 0.5) is 0 Å². The van der Waals surface area contributed by atoms with Gasteiger partial charge in [-0.1, -0.05) is 6.92 Å². The molecule has 0 aromatic rings. The van der Waals surface area contributed by atoms with Crippen molar-refractivity contribution in [1.29, 1.82) is 0 Å². The molecule has 1 saturated heterocycles. The van der Waals surface area contributed by atoms with Crippen molar-refractivity contribution in [2.24, 2.45) is 0 Å². The van der Waals surface area contributed by atoms with Gasteiger partial charge in [0.1, 0.15) is 0 Å². The number of hydrogen-bond acceptors (Lipinski definition) is 3. The van der Waals surface area contributed by atoms with Crippen molar-refractivity contribution in [3.8, 4) is 0 Å². The molecular weight excluding hydrogens is 154 g/mol. The number of β-amino-alcohol motifs (C(OH)–C–C–N with tert-alkyl or cyclic N) is 1. The molecule has 0 aromatic carbocycles. The topological polar surface area (TPSA) is 32.7 Å². The fourth-order valence-electron chi connectivity index (χ4n) is 1.86. The van der Waals surface area contributed by atoms with Crippen LogP contribution in [-0.4, -0.2) is 49.0 Å². The molecule has 0 amide bonds. The fraction of sp³-hybridized carbons (Fsp3) is 1.00. The van der Waals surface area contributed by atoms with Crippen molar-refractivity contribution in [1.82, 2.24) is 4.90 Å². The molecule has 0 bridgehead atoms. The van der Waals surface area contributed by atoms with Crippen molar-refractivity contribution < 1.29 is 9.84 Å². The van der Waals surface area contributed by atoms with E-state index >= 15 is 0 Å². The predicted molar refractivity (Wildman–Crippen MR) is 48.2 cm³/mol. The fourth-order valence-corrected chi connectivity index (χ4v) is 1.86. The van der Waals surface area contributed by atoms with Crippen LogP contribution in [0.15, 0.2) is 0 Å². The number of ether oxygens (including phenoxy) is 1. The van der Waals surface area contributed by atoms with Crippen LogP contribution < -0.4 is 0 Å². The lowest BCUT2D eigenvalue weighted by atomic mass is 10.1. The minimum atomic E-state index is -0.119. The molecule has 1 N–H and O–H groups in total. The average Bonchev–Trinajstić information content (AvgIpc) is 2.42. The van der Waals surface area contributed by atoms with Crippen LogP contribution in [0.1, 0.15) is 19.8 Å². The SMILES string of the molecule is CCC1CC(O)CN1CCOC. The zero-order chi connectivity index (χ0) is 8.97. The van der Waals surface area contributed by atoms with Crippen LogP contribution in [0.2, 0.25) is 0 Å². The maximum Gasteiger partial charge on any atom is 0.0682 e. The van der Waals surface area contributed by atoms with Crippen molar-refractivity contribution in [2.75, 3.05) is 26.8 Å². The molecule has 12 heavy (non-hydrogen) atoms. The average molecular weight is 173 g/mol. The van der Waals surface area contributed by atoms with E-state index in [0.717, 1.165) is 32.5 Å². The Morgan fingerprint density at radius 1 is 1.58 bits per heavy atom. The highest BCUT2D eigenvalue weighted by Crippen LogP contribution is 2.19. The lowest BCUT2D eigenvalue weighted by Crippen LogP contribution is -2.32. The Labute approximate surface area is 74.3 Å². The van der Waals surface area contributed by atoms with Crippen LogP contribution in [0.5, 0.6) is 0 Å². The van der Waals surface area contributed by atoms with Crippen molar-refractivity contribution in [3.63, 3.8) is 0 Å². The highest BCUT2D eigenvalue weighted by Gasteiger charge is 2.28. The summed E-state index contributed by atoms with van der Waals surface area (Å²) in [5.74, 6) is 0. The molecule has 1 aliphatic heterocycles. The molecule has 1 fully saturated rings. The first-order valence-corrected chi connectivity index (χ1v) is 4.69. The summed E-state index contributed by atoms with van der Waals surface area (Å²) in [5, 5.41) is 9.42. The molecule has 3 heteroatoms. The van der Waals surface area contributed by atoms with Gasteiger partial charge in [0.05, 0.1) is 12.7 Å². The minimum absolute atomic E-state index is 0.119. The molecule has 72 valence electrons. The molecule has 0 spiro atoms. The number of aliphatic hydroxyl groups is 1. The molecule has 2 unspecified atom stereocenters. The summed E-state index contributed by atoms with van der Waals surface area (Å²) in [6.07, 6.45) is 1.94. The van der Waals surface area contributed by atoms with Crippen LogP contribution in [0.3, 0.4) is 0 Å². The largest absolute Gasteiger partial charge is 0.392 e. The summed E-state index contributed by atoms with van der Waals surface area (Å²) in [6, 6.07) is 0.565. The Hall–Kier alpha value is -0.120. The predicted octanol–water partition coefficient (Wildman–Crippen LogP) is 0.478. The van der Waals surface area contributed by atoms with E-state index in [1.807, 2.05) is 0 Å². The first-order valence-electron chi connectivity index (χ1n) is 4.69. The Morgan fingerprint density at radius 2 is 2.33 bits per heavy atom. The van der Waals surface area contributed by atoms with Gasteiger partial charge in [-0.05, 0) is 12.8 Å². The number of likely N-dealkylation sites (tertiary alicyclic amines) is 1. The van der Waals surface area contributed by atoms with E-state index in [1.165, 1.54) is 0 Å². The summed E-state index contributed by atoms with van der Waals surface area (Å²) in [4.78, 5) is 2.31. The lowest BCUT2D eigenvalue weighted by Gasteiger charge is -2.21. The first-order chi connectivity index (χ1) is 5.77. The van der Waals surface area contributed by atoms with Gasteiger partial charge in [-0.2, -0.15) is 0 Å². The van der Waals surface area contributed by atoms with Gasteiger partial charge in [0.15, 0.2) is 0 Å². The molecule has 0 saturated carbocycles. The van der Waals surface area contributed by atoms with Crippen molar-refractivity contribution >= 4 is 0 Å². The number of methoxy groups -OCH3 is 1. The van der Waals surface area contributed by atoms with Gasteiger partial charge < -0.3 is 9.84 Å². The molecule has 2 atom stereocenters. The Bertz CT molecular complexity index is 130. The van der Waals surface area contributed by atoms with E-state index in [4.69, 9.17) is 4.74 Å². The number of aliphatic hydroxyl groups excluding tert-OH is 1. The van der Waals surface area contributed by atoms with Gasteiger partial charge >= 0.3 is 0 Å². The molecule has 1 rings (SSSR count). The van der Waals surface area contributed by atoms with E-state index < -0.39 is 0 Å². The van der Waals surface area contributed by atoms with E-state index in [0.29, 0.717) is 6.04 Å². The summed E-state index contributed by atoms with van der Waals surface area (Å²) >= 11 is 0. The standard InChI is InChI=1S/C9H19NO2/c1-3-8-6-9(11)7-10(8)4-5-12-2/h8-9,11H,3-7H2,1-2H3. The Morgan fingerprint density at radius 3 is 2.92 bits per heavy atom. The lowest BCUT2D eigenvalue weighted by molar-refractivity contribution is 0.129. The van der Waals surface area contributed by atoms with Gasteiger partial charge in [-0.25, -0.2) is 0 Å². The highest BCUT2D eigenvalue weighted by atomic mass is 16.5. The second-order valence-electron chi connectivity index (χ2n) is 3.44. The number of rotatable bonds is 4. The van der Waals surface area contributed by atoms with Crippen LogP contribution >= 0.6 is 0 Å². The first kappa shape index (κ1) is 9.96. The van der Waals surface area contributed by atoms with E-state index in [2.05, 4.69) is 11.8 Å². The number of hydrogen-bond donors (Lipinski definition) is 1. The second-order valence-corrected chi connectivity index (χ2v) is 3.44. The molecule has 0 aromatic heterocycles. The van der Waals surface area contributed by atoms with E-state index in [-0.39, 0.29) is 6.10 Å². The van der Waals surface area contributed by atoms with Crippen LogP contribution in [-0.2, 0) is 4.74 Å². The summed E-state index contributed by atoms with van der Waals surface area (Å²) < 4.78 is 5.01. The number of nitrogens with zero attached hydrogens (tertiary/aromatic N) is 1. The zero-order valence-corrected chi connectivity index (χ0v) is 7.99. The maximum absolute atomic E-state index is 9.42. The zero-order valence-electron chi connectivity index (χ0n) is 7.99. The third-order valence-electron chi connectivity index (χ3n) is 2.56. The van der Waals surface area contributed by atoms with Gasteiger partial charge in [0, 0.05) is 26.2 Å². The minimum Gasteiger partial charge on any atom is -0.392 e. The quantitative estimate of drug-likeness (QED) is 0.671. The normalized spacial score (nSPS) is 31.2. The van der Waals surface area contributed by atoms with Gasteiger partial charge in [0.25, 0.3) is 0 Å². The summed E-state index contributed by atoms with van der Waals surface area (Å²) in [7, 11) is 1.72. The molecule has 1 aliphatic rings. The van der Waals surface area contributed by atoms with Gasteiger partial charge in [0.2, 0.25) is 0 Å². The third kappa shape index (κ3) is 2.44. The second kappa shape index (κ2) is 4.80. The van der Waals surface area contributed by atoms with Crippen LogP contribution in [0.25, 0.3) is 0 Å². The van der Waals surface area contributed by atoms with E-state index in [1.54, 1.807) is 7.11 Å². The Balaban J connectivity index is 2.30.